The fraction of sp³-hybridized carbons (Fsp3) is 0.278. The molecule has 0 radical (unpaired) electrons. The van der Waals surface area contributed by atoms with Gasteiger partial charge in [0.15, 0.2) is 0 Å². The molecule has 9 heteroatoms. The summed E-state index contributed by atoms with van der Waals surface area (Å²) in [4.78, 5) is 14.8. The maximum absolute atomic E-state index is 13.0. The van der Waals surface area contributed by atoms with Gasteiger partial charge in [0, 0.05) is 30.2 Å². The van der Waals surface area contributed by atoms with Gasteiger partial charge in [-0.1, -0.05) is 35.9 Å². The topological polar surface area (TPSA) is 92.5 Å². The number of hydrogen-bond donors (Lipinski definition) is 2. The van der Waals surface area contributed by atoms with Gasteiger partial charge in [0.2, 0.25) is 10.0 Å². The van der Waals surface area contributed by atoms with Crippen LogP contribution < -0.4 is 10.5 Å². The molecule has 1 heterocycles. The van der Waals surface area contributed by atoms with Crippen molar-refractivity contribution in [1.29, 1.82) is 0 Å². The second-order valence-electron chi connectivity index (χ2n) is 6.28. The molecule has 146 valence electrons. The number of nitrogens with one attached hydrogen (secondary N) is 1. The van der Waals surface area contributed by atoms with Crippen LogP contribution in [0.25, 0.3) is 0 Å². The smallest absolute Gasteiger partial charge is 0.254 e. The predicted molar refractivity (Wildman–Crippen MR) is 109 cm³/mol. The Hall–Kier alpha value is -1.64. The summed E-state index contributed by atoms with van der Waals surface area (Å²) in [6.45, 7) is 1.94. The van der Waals surface area contributed by atoms with Gasteiger partial charge < -0.3 is 10.2 Å². The van der Waals surface area contributed by atoms with Crippen molar-refractivity contribution in [2.75, 3.05) is 19.6 Å². The molecule has 1 saturated heterocycles. The lowest BCUT2D eigenvalue weighted by molar-refractivity contribution is 0.0634. The molecule has 6 nitrogen and oxygen atoms in total. The van der Waals surface area contributed by atoms with Crippen LogP contribution in [0.15, 0.2) is 48.5 Å². The lowest BCUT2D eigenvalue weighted by Crippen LogP contribution is -2.48. The highest BCUT2D eigenvalue weighted by Gasteiger charge is 2.28. The minimum absolute atomic E-state index is 0. The van der Waals surface area contributed by atoms with Gasteiger partial charge in [-0.25, -0.2) is 13.6 Å². The minimum Gasteiger partial charge on any atom is -0.329 e. The predicted octanol–water partition coefficient (Wildman–Crippen LogP) is 2.34. The van der Waals surface area contributed by atoms with Gasteiger partial charge in [-0.05, 0) is 35.4 Å². The Kier molecular flexibility index (Phi) is 7.25. The first kappa shape index (κ1) is 21.7. The van der Waals surface area contributed by atoms with E-state index in [2.05, 4.69) is 5.32 Å². The third kappa shape index (κ3) is 5.67. The Bertz CT molecular complexity index is 904. The molecule has 1 unspecified atom stereocenters. The molecule has 0 saturated carbocycles. The first-order chi connectivity index (χ1) is 12.3. The first-order valence-electron chi connectivity index (χ1n) is 8.20. The van der Waals surface area contributed by atoms with E-state index in [1.807, 2.05) is 23.1 Å². The van der Waals surface area contributed by atoms with Crippen LogP contribution in [0, 0.1) is 0 Å². The van der Waals surface area contributed by atoms with Crippen molar-refractivity contribution in [2.24, 2.45) is 5.14 Å². The number of halogens is 2. The Morgan fingerprint density at radius 2 is 1.93 bits per heavy atom. The van der Waals surface area contributed by atoms with Crippen molar-refractivity contribution in [3.05, 3.63) is 70.2 Å². The van der Waals surface area contributed by atoms with Crippen LogP contribution in [0.1, 0.15) is 27.5 Å². The van der Waals surface area contributed by atoms with Crippen LogP contribution in [-0.2, 0) is 15.8 Å². The van der Waals surface area contributed by atoms with Crippen molar-refractivity contribution in [3.63, 3.8) is 0 Å². The second-order valence-corrected chi connectivity index (χ2v) is 8.33. The number of piperazine rings is 1. The third-order valence-corrected chi connectivity index (χ3v) is 5.28. The highest BCUT2D eigenvalue weighted by atomic mass is 35.5. The Balaban J connectivity index is 0.00000261. The van der Waals surface area contributed by atoms with Crippen molar-refractivity contribution in [3.8, 4) is 0 Å². The number of amides is 1. The fourth-order valence-corrected chi connectivity index (χ4v) is 3.96. The second kappa shape index (κ2) is 9.03. The molecule has 0 spiro atoms. The van der Waals surface area contributed by atoms with E-state index in [0.29, 0.717) is 35.8 Å². The summed E-state index contributed by atoms with van der Waals surface area (Å²) >= 11 is 6.10. The molecule has 1 aliphatic heterocycles. The standard InChI is InChI=1S/C18H20ClN3O3S.ClH/c19-16-3-1-2-15(10-16)17-11-21-8-9-22(17)18(23)14-6-4-13(5-7-14)12-26(20,24)25;/h1-7,10,17,21H,8-9,11-12H2,(H2,20,24,25);1H. The van der Waals surface area contributed by atoms with E-state index in [1.54, 1.807) is 30.3 Å². The molecular formula is C18H21Cl2N3O3S. The largest absolute Gasteiger partial charge is 0.329 e. The summed E-state index contributed by atoms with van der Waals surface area (Å²) in [5.41, 5.74) is 2.04. The maximum atomic E-state index is 13.0. The molecule has 0 aromatic heterocycles. The normalized spacial score (nSPS) is 17.3. The van der Waals surface area contributed by atoms with Gasteiger partial charge in [-0.15, -0.1) is 12.4 Å². The number of nitrogens with zero attached hydrogens (tertiary/aromatic N) is 1. The first-order valence-corrected chi connectivity index (χ1v) is 10.3. The summed E-state index contributed by atoms with van der Waals surface area (Å²) in [6.07, 6.45) is 0. The van der Waals surface area contributed by atoms with Crippen LogP contribution in [0.3, 0.4) is 0 Å². The molecule has 1 fully saturated rings. The van der Waals surface area contributed by atoms with Crippen molar-refractivity contribution in [1.82, 2.24) is 10.2 Å². The molecular weight excluding hydrogens is 409 g/mol. The zero-order valence-corrected chi connectivity index (χ0v) is 16.9. The van der Waals surface area contributed by atoms with E-state index < -0.39 is 10.0 Å². The number of carbonyl (C=O) groups is 1. The molecule has 27 heavy (non-hydrogen) atoms. The zero-order valence-electron chi connectivity index (χ0n) is 14.5. The summed E-state index contributed by atoms with van der Waals surface area (Å²) in [5, 5.41) is 9.00. The number of sulfonamides is 1. The van der Waals surface area contributed by atoms with E-state index in [-0.39, 0.29) is 30.1 Å². The Morgan fingerprint density at radius 3 is 2.56 bits per heavy atom. The molecule has 3 rings (SSSR count). The minimum atomic E-state index is -3.60. The lowest BCUT2D eigenvalue weighted by atomic mass is 10.0. The average Bonchev–Trinajstić information content (AvgIpc) is 2.60. The van der Waals surface area contributed by atoms with Crippen LogP contribution in [-0.4, -0.2) is 38.9 Å². The summed E-state index contributed by atoms with van der Waals surface area (Å²) < 4.78 is 22.4. The zero-order chi connectivity index (χ0) is 18.7. The van der Waals surface area contributed by atoms with Gasteiger partial charge in [-0.3, -0.25) is 4.79 Å². The lowest BCUT2D eigenvalue weighted by Gasteiger charge is -2.36. The quantitative estimate of drug-likeness (QED) is 0.779. The van der Waals surface area contributed by atoms with Gasteiger partial charge in [0.25, 0.3) is 5.91 Å². The average molecular weight is 430 g/mol. The van der Waals surface area contributed by atoms with E-state index >= 15 is 0 Å². The molecule has 1 aliphatic rings. The van der Waals surface area contributed by atoms with E-state index in [0.717, 1.165) is 5.56 Å². The van der Waals surface area contributed by atoms with E-state index in [4.69, 9.17) is 16.7 Å². The van der Waals surface area contributed by atoms with Crippen molar-refractivity contribution >= 4 is 39.9 Å². The number of primary sulfonamides is 1. The summed E-state index contributed by atoms with van der Waals surface area (Å²) in [5.74, 6) is -0.348. The highest BCUT2D eigenvalue weighted by molar-refractivity contribution is 7.88. The number of nitrogens with two attached hydrogens (primary N) is 1. The van der Waals surface area contributed by atoms with Crippen molar-refractivity contribution in [2.45, 2.75) is 11.8 Å². The molecule has 0 bridgehead atoms. The summed E-state index contributed by atoms with van der Waals surface area (Å²) in [6, 6.07) is 13.9. The van der Waals surface area contributed by atoms with E-state index in [1.165, 1.54) is 0 Å². The van der Waals surface area contributed by atoms with Crippen LogP contribution in [0.4, 0.5) is 0 Å². The molecule has 3 N–H and O–H groups in total. The molecule has 1 amide bonds. The van der Waals surface area contributed by atoms with Crippen LogP contribution in [0.2, 0.25) is 5.02 Å². The monoisotopic (exact) mass is 429 g/mol. The van der Waals surface area contributed by atoms with Gasteiger partial charge in [0.05, 0.1) is 11.8 Å². The number of hydrogen-bond acceptors (Lipinski definition) is 4. The molecule has 2 aromatic carbocycles. The molecule has 2 aromatic rings. The highest BCUT2D eigenvalue weighted by Crippen LogP contribution is 2.26. The Morgan fingerprint density at radius 1 is 1.22 bits per heavy atom. The third-order valence-electron chi connectivity index (χ3n) is 4.31. The molecule has 0 aliphatic carbocycles. The van der Waals surface area contributed by atoms with Gasteiger partial charge >= 0.3 is 0 Å². The van der Waals surface area contributed by atoms with Crippen LogP contribution >= 0.6 is 24.0 Å². The number of benzene rings is 2. The van der Waals surface area contributed by atoms with Crippen molar-refractivity contribution < 1.29 is 13.2 Å². The van der Waals surface area contributed by atoms with Gasteiger partial charge in [-0.2, -0.15) is 0 Å². The fourth-order valence-electron chi connectivity index (χ4n) is 3.10. The number of rotatable bonds is 4. The maximum Gasteiger partial charge on any atom is 0.254 e. The number of carbonyl (C=O) groups excluding carboxylic acids is 1. The SMILES string of the molecule is Cl.NS(=O)(=O)Cc1ccc(C(=O)N2CCNCC2c2cccc(Cl)c2)cc1. The van der Waals surface area contributed by atoms with E-state index in [9.17, 15) is 13.2 Å². The van der Waals surface area contributed by atoms with Gasteiger partial charge in [0.1, 0.15) is 0 Å². The van der Waals surface area contributed by atoms with Crippen LogP contribution in [0.5, 0.6) is 0 Å². The molecule has 1 atom stereocenters. The Labute approximate surface area is 170 Å². The summed E-state index contributed by atoms with van der Waals surface area (Å²) in [7, 11) is -3.60.